The molecule has 2 heterocycles. The number of likely N-dealkylation sites (tertiary alicyclic amines) is 1. The van der Waals surface area contributed by atoms with Gasteiger partial charge in [-0.05, 0) is 63.4 Å². The van der Waals surface area contributed by atoms with Gasteiger partial charge in [-0.25, -0.2) is 4.79 Å². The van der Waals surface area contributed by atoms with Crippen LogP contribution < -0.4 is 5.32 Å². The molecule has 1 aromatic rings. The molecule has 8 nitrogen and oxygen atoms in total. The number of carboxylic acid groups (broad SMARTS) is 1. The van der Waals surface area contributed by atoms with E-state index in [4.69, 9.17) is 9.47 Å². The molecule has 0 saturated carbocycles. The summed E-state index contributed by atoms with van der Waals surface area (Å²) in [5.41, 5.74) is 1.02. The Morgan fingerprint density at radius 2 is 1.91 bits per heavy atom. The molecule has 1 spiro atoms. The second-order valence-corrected chi connectivity index (χ2v) is 9.17. The fourth-order valence-corrected chi connectivity index (χ4v) is 4.97. The van der Waals surface area contributed by atoms with E-state index in [1.165, 1.54) is 4.90 Å². The van der Waals surface area contributed by atoms with Crippen molar-refractivity contribution in [2.45, 2.75) is 70.5 Å². The van der Waals surface area contributed by atoms with Gasteiger partial charge in [-0.15, -0.1) is 0 Å². The van der Waals surface area contributed by atoms with E-state index >= 15 is 0 Å². The number of amides is 1. The predicted octanol–water partition coefficient (Wildman–Crippen LogP) is 2.40. The van der Waals surface area contributed by atoms with Crippen LogP contribution in [0.4, 0.5) is 0 Å². The standard InChI is InChI=1S/C25H36N2O6/c1-3-33-24(31)20(10-9-19-7-5-4-6-8-19)26-18(2)22(28)27-14-11-25(12-15-32-16-13-25)17-21(27)23(29)30/h4-8,18,20-21,26H,3,9-17H2,1-2H3,(H,29,30)/t18?,20-,21-/m0/s1. The molecule has 0 aliphatic carbocycles. The molecule has 2 fully saturated rings. The maximum Gasteiger partial charge on any atom is 0.326 e. The van der Waals surface area contributed by atoms with E-state index in [-0.39, 0.29) is 17.9 Å². The molecular formula is C25H36N2O6. The maximum absolute atomic E-state index is 13.3. The number of aliphatic carboxylic acids is 1. The first-order valence-electron chi connectivity index (χ1n) is 11.9. The Morgan fingerprint density at radius 3 is 2.55 bits per heavy atom. The number of piperidine rings is 1. The van der Waals surface area contributed by atoms with Gasteiger partial charge in [0.25, 0.3) is 0 Å². The minimum Gasteiger partial charge on any atom is -0.480 e. The lowest BCUT2D eigenvalue weighted by molar-refractivity contribution is -0.158. The van der Waals surface area contributed by atoms with Crippen molar-refractivity contribution in [3.05, 3.63) is 35.9 Å². The molecule has 3 atom stereocenters. The molecular weight excluding hydrogens is 424 g/mol. The number of carboxylic acids is 1. The summed E-state index contributed by atoms with van der Waals surface area (Å²) in [6.45, 7) is 5.37. The number of rotatable bonds is 9. The molecule has 1 amide bonds. The number of carbonyl (C=O) groups excluding carboxylic acids is 2. The normalized spacial score (nSPS) is 21.9. The zero-order valence-corrected chi connectivity index (χ0v) is 19.6. The van der Waals surface area contributed by atoms with E-state index in [2.05, 4.69) is 5.32 Å². The van der Waals surface area contributed by atoms with E-state index < -0.39 is 30.1 Å². The van der Waals surface area contributed by atoms with Gasteiger partial charge in [0, 0.05) is 19.8 Å². The summed E-state index contributed by atoms with van der Waals surface area (Å²) in [6.07, 6.45) is 4.01. The van der Waals surface area contributed by atoms with Crippen LogP contribution in [0.5, 0.6) is 0 Å². The first-order valence-corrected chi connectivity index (χ1v) is 11.9. The summed E-state index contributed by atoms with van der Waals surface area (Å²) < 4.78 is 10.7. The van der Waals surface area contributed by atoms with E-state index in [1.807, 2.05) is 30.3 Å². The lowest BCUT2D eigenvalue weighted by atomic mass is 9.70. The second-order valence-electron chi connectivity index (χ2n) is 9.17. The summed E-state index contributed by atoms with van der Waals surface area (Å²) in [5.74, 6) is -1.67. The lowest BCUT2D eigenvalue weighted by Crippen LogP contribution is -2.59. The smallest absolute Gasteiger partial charge is 0.326 e. The largest absolute Gasteiger partial charge is 0.480 e. The first-order chi connectivity index (χ1) is 15.8. The topological polar surface area (TPSA) is 105 Å². The molecule has 182 valence electrons. The van der Waals surface area contributed by atoms with E-state index in [0.717, 1.165) is 24.8 Å². The van der Waals surface area contributed by atoms with Gasteiger partial charge in [0.2, 0.25) is 5.91 Å². The number of esters is 1. The van der Waals surface area contributed by atoms with Gasteiger partial charge in [0.15, 0.2) is 0 Å². The SMILES string of the molecule is CCOC(=O)[C@H](CCc1ccccc1)NC(C)C(=O)N1CCC2(CCOCC2)C[C@H]1C(=O)O. The highest BCUT2D eigenvalue weighted by Crippen LogP contribution is 2.43. The number of aryl methyl sites for hydroxylation is 1. The van der Waals surface area contributed by atoms with Gasteiger partial charge in [0.1, 0.15) is 12.1 Å². The summed E-state index contributed by atoms with van der Waals surface area (Å²) in [7, 11) is 0. The first kappa shape index (κ1) is 25.2. The van der Waals surface area contributed by atoms with Crippen LogP contribution in [0, 0.1) is 5.41 Å². The van der Waals surface area contributed by atoms with Crippen LogP contribution in [0.15, 0.2) is 30.3 Å². The van der Waals surface area contributed by atoms with Crippen molar-refractivity contribution >= 4 is 17.8 Å². The maximum atomic E-state index is 13.3. The quantitative estimate of drug-likeness (QED) is 0.545. The summed E-state index contributed by atoms with van der Waals surface area (Å²) in [4.78, 5) is 39.4. The van der Waals surface area contributed by atoms with E-state index in [0.29, 0.717) is 39.0 Å². The molecule has 2 aliphatic heterocycles. The summed E-state index contributed by atoms with van der Waals surface area (Å²) in [6, 6.07) is 7.60. The highest BCUT2D eigenvalue weighted by molar-refractivity contribution is 5.88. The van der Waals surface area contributed by atoms with Crippen LogP contribution in [0.2, 0.25) is 0 Å². The fraction of sp³-hybridized carbons (Fsp3) is 0.640. The van der Waals surface area contributed by atoms with E-state index in [1.54, 1.807) is 13.8 Å². The molecule has 1 aromatic carbocycles. The molecule has 1 unspecified atom stereocenters. The van der Waals surface area contributed by atoms with Gasteiger partial charge in [-0.2, -0.15) is 0 Å². The van der Waals surface area contributed by atoms with Crippen LogP contribution in [0.25, 0.3) is 0 Å². The minimum atomic E-state index is -0.980. The zero-order valence-electron chi connectivity index (χ0n) is 19.6. The van der Waals surface area contributed by atoms with Crippen LogP contribution in [-0.4, -0.2) is 72.3 Å². The van der Waals surface area contributed by atoms with Crippen LogP contribution in [0.1, 0.15) is 51.5 Å². The van der Waals surface area contributed by atoms with Crippen molar-refractivity contribution in [3.63, 3.8) is 0 Å². The van der Waals surface area contributed by atoms with Crippen LogP contribution in [0.3, 0.4) is 0 Å². The van der Waals surface area contributed by atoms with Crippen molar-refractivity contribution in [2.24, 2.45) is 5.41 Å². The van der Waals surface area contributed by atoms with Crippen molar-refractivity contribution in [2.75, 3.05) is 26.4 Å². The molecule has 3 rings (SSSR count). The van der Waals surface area contributed by atoms with Gasteiger partial charge in [-0.1, -0.05) is 30.3 Å². The fourth-order valence-electron chi connectivity index (χ4n) is 4.97. The number of nitrogens with zero attached hydrogens (tertiary/aromatic N) is 1. The highest BCUT2D eigenvalue weighted by atomic mass is 16.5. The summed E-state index contributed by atoms with van der Waals surface area (Å²) >= 11 is 0. The number of benzene rings is 1. The van der Waals surface area contributed by atoms with Crippen molar-refractivity contribution in [3.8, 4) is 0 Å². The average molecular weight is 461 g/mol. The minimum absolute atomic E-state index is 0.0715. The Hall–Kier alpha value is -2.45. The van der Waals surface area contributed by atoms with Crippen LogP contribution in [-0.2, 0) is 30.3 Å². The van der Waals surface area contributed by atoms with E-state index in [9.17, 15) is 19.5 Å². The third kappa shape index (κ3) is 6.54. The zero-order chi connectivity index (χ0) is 23.8. The Morgan fingerprint density at radius 1 is 1.21 bits per heavy atom. The lowest BCUT2D eigenvalue weighted by Gasteiger charge is -2.47. The Bertz CT molecular complexity index is 808. The molecule has 2 saturated heterocycles. The Balaban J connectivity index is 1.66. The van der Waals surface area contributed by atoms with Gasteiger partial charge in [-0.3, -0.25) is 14.9 Å². The summed E-state index contributed by atoms with van der Waals surface area (Å²) in [5, 5.41) is 13.0. The van der Waals surface area contributed by atoms with Crippen molar-refractivity contribution in [1.29, 1.82) is 0 Å². The Labute approximate surface area is 195 Å². The predicted molar refractivity (Wildman–Crippen MR) is 123 cm³/mol. The van der Waals surface area contributed by atoms with Crippen LogP contribution >= 0.6 is 0 Å². The number of hydrogen-bond acceptors (Lipinski definition) is 6. The van der Waals surface area contributed by atoms with Gasteiger partial charge < -0.3 is 19.5 Å². The Kier molecular flexibility index (Phi) is 8.86. The molecule has 0 radical (unpaired) electrons. The highest BCUT2D eigenvalue weighted by Gasteiger charge is 2.46. The number of ether oxygens (including phenoxy) is 2. The number of nitrogens with one attached hydrogen (secondary N) is 1. The van der Waals surface area contributed by atoms with Gasteiger partial charge in [0.05, 0.1) is 12.6 Å². The van der Waals surface area contributed by atoms with Crippen molar-refractivity contribution < 1.29 is 29.0 Å². The molecule has 8 heteroatoms. The molecule has 0 aromatic heterocycles. The van der Waals surface area contributed by atoms with Crippen molar-refractivity contribution in [1.82, 2.24) is 10.2 Å². The molecule has 2 N–H and O–H groups in total. The third-order valence-corrected chi connectivity index (χ3v) is 6.96. The molecule has 2 aliphatic rings. The average Bonchev–Trinajstić information content (AvgIpc) is 2.82. The number of hydrogen-bond donors (Lipinski definition) is 2. The molecule has 0 bridgehead atoms. The second kappa shape index (κ2) is 11.6. The third-order valence-electron chi connectivity index (χ3n) is 6.96. The monoisotopic (exact) mass is 460 g/mol. The molecule has 33 heavy (non-hydrogen) atoms. The number of carbonyl (C=O) groups is 3. The van der Waals surface area contributed by atoms with Gasteiger partial charge >= 0.3 is 11.9 Å².